The first-order chi connectivity index (χ1) is 16.5. The molecule has 3 aliphatic rings. The van der Waals surface area contributed by atoms with Crippen molar-refractivity contribution in [1.29, 1.82) is 0 Å². The van der Waals surface area contributed by atoms with E-state index in [1.165, 1.54) is 28.3 Å². The van der Waals surface area contributed by atoms with E-state index in [1.807, 2.05) is 18.2 Å². The molecule has 3 nitrogen and oxygen atoms in total. The molecule has 3 heteroatoms. The first-order valence-corrected chi connectivity index (χ1v) is 12.5. The normalized spacial score (nSPS) is 20.7. The van der Waals surface area contributed by atoms with Gasteiger partial charge in [0.25, 0.3) is 5.91 Å². The monoisotopic (exact) mass is 448 g/mol. The summed E-state index contributed by atoms with van der Waals surface area (Å²) in [7, 11) is 0. The van der Waals surface area contributed by atoms with Crippen molar-refractivity contribution < 1.29 is 4.79 Å². The van der Waals surface area contributed by atoms with Crippen LogP contribution in [0.2, 0.25) is 0 Å². The lowest BCUT2D eigenvalue weighted by Gasteiger charge is -2.57. The van der Waals surface area contributed by atoms with Gasteiger partial charge in [-0.05, 0) is 71.0 Å². The van der Waals surface area contributed by atoms with E-state index in [-0.39, 0.29) is 5.91 Å². The molecule has 1 N–H and O–H groups in total. The molecular weight excluding hydrogens is 416 g/mol. The molecule has 3 aromatic carbocycles. The Bertz CT molecular complexity index is 1410. The molecule has 0 saturated heterocycles. The van der Waals surface area contributed by atoms with Gasteiger partial charge >= 0.3 is 0 Å². The smallest absolute Gasteiger partial charge is 0.254 e. The number of nitrogens with zero attached hydrogens (tertiary/aromatic N) is 1. The van der Waals surface area contributed by atoms with Crippen LogP contribution in [-0.2, 0) is 6.42 Å². The van der Waals surface area contributed by atoms with Crippen LogP contribution in [0.5, 0.6) is 0 Å². The van der Waals surface area contributed by atoms with Crippen LogP contribution in [0.4, 0.5) is 0 Å². The lowest BCUT2D eigenvalue weighted by atomic mass is 9.49. The molecule has 4 aromatic rings. The van der Waals surface area contributed by atoms with Gasteiger partial charge in [0, 0.05) is 35.8 Å². The van der Waals surface area contributed by atoms with Gasteiger partial charge in [-0.1, -0.05) is 74.0 Å². The number of fused-ring (bicyclic) bond motifs is 3. The highest BCUT2D eigenvalue weighted by Gasteiger charge is 2.51. The predicted molar refractivity (Wildman–Crippen MR) is 140 cm³/mol. The van der Waals surface area contributed by atoms with Crippen molar-refractivity contribution in [1.82, 2.24) is 9.88 Å². The zero-order valence-electron chi connectivity index (χ0n) is 20.1. The summed E-state index contributed by atoms with van der Waals surface area (Å²) < 4.78 is 0. The Kier molecular flexibility index (Phi) is 5.09. The minimum absolute atomic E-state index is 0.130. The van der Waals surface area contributed by atoms with E-state index >= 15 is 0 Å². The number of carbonyl (C=O) groups is 1. The van der Waals surface area contributed by atoms with Gasteiger partial charge in [0.15, 0.2) is 0 Å². The maximum absolute atomic E-state index is 13.9. The van der Waals surface area contributed by atoms with Gasteiger partial charge in [0.1, 0.15) is 0 Å². The van der Waals surface area contributed by atoms with E-state index in [2.05, 4.69) is 84.5 Å². The number of amides is 1. The molecular formula is C31H32N2O. The number of rotatable bonds is 6. The van der Waals surface area contributed by atoms with Crippen LogP contribution in [0.15, 0.2) is 84.6 Å². The fourth-order valence-electron chi connectivity index (χ4n) is 6.23. The molecule has 0 spiro atoms. The zero-order chi connectivity index (χ0) is 23.3. The molecule has 3 aliphatic carbocycles. The van der Waals surface area contributed by atoms with Gasteiger partial charge in [0.05, 0.1) is 0 Å². The quantitative estimate of drug-likeness (QED) is 0.317. The molecule has 0 aliphatic heterocycles. The minimum Gasteiger partial charge on any atom is -0.361 e. The average molecular weight is 449 g/mol. The van der Waals surface area contributed by atoms with Crippen molar-refractivity contribution in [3.63, 3.8) is 0 Å². The summed E-state index contributed by atoms with van der Waals surface area (Å²) in [6, 6.07) is 22.8. The van der Waals surface area contributed by atoms with E-state index < -0.39 is 0 Å². The predicted octanol–water partition coefficient (Wildman–Crippen LogP) is 7.00. The topological polar surface area (TPSA) is 36.1 Å². The maximum atomic E-state index is 13.9. The number of nitrogens with one attached hydrogen (secondary N) is 1. The van der Waals surface area contributed by atoms with E-state index in [9.17, 15) is 4.79 Å². The number of hydrogen-bond acceptors (Lipinski definition) is 1. The molecule has 2 bridgehead atoms. The fraction of sp³-hybridized carbons (Fsp3) is 0.323. The fourth-order valence-corrected chi connectivity index (χ4v) is 6.23. The third-order valence-corrected chi connectivity index (χ3v) is 8.57. The first kappa shape index (κ1) is 21.2. The summed E-state index contributed by atoms with van der Waals surface area (Å²) in [6.07, 6.45) is 7.80. The molecule has 7 rings (SSSR count). The summed E-state index contributed by atoms with van der Waals surface area (Å²) in [5.74, 6) is 1.54. The molecule has 34 heavy (non-hydrogen) atoms. The molecule has 0 radical (unpaired) electrons. The summed E-state index contributed by atoms with van der Waals surface area (Å²) in [4.78, 5) is 19.3. The van der Waals surface area contributed by atoms with Crippen LogP contribution in [0.1, 0.15) is 42.6 Å². The number of para-hydroxylation sites is 1. The summed E-state index contributed by atoms with van der Waals surface area (Å²) in [6.45, 7) is 6.25. The zero-order valence-corrected chi connectivity index (χ0v) is 20.1. The number of aromatic nitrogens is 1. The molecule has 2 unspecified atom stereocenters. The van der Waals surface area contributed by atoms with Crippen LogP contribution < -0.4 is 0 Å². The lowest BCUT2D eigenvalue weighted by Crippen LogP contribution is -2.50. The molecule has 1 amide bonds. The SMILES string of the molecule is CC1(C)C2CC=C(CN(CCc3c[nH]c4ccccc34)C(=O)c3ccc4ccccc4c3)C1C2. The molecule has 172 valence electrons. The van der Waals surface area contributed by atoms with Crippen molar-refractivity contribution in [2.45, 2.75) is 33.1 Å². The van der Waals surface area contributed by atoms with E-state index in [0.717, 1.165) is 41.8 Å². The third-order valence-electron chi connectivity index (χ3n) is 8.57. The second-order valence-corrected chi connectivity index (χ2v) is 10.7. The number of aromatic amines is 1. The number of benzene rings is 3. The molecule has 2 atom stereocenters. The average Bonchev–Trinajstić information content (AvgIpc) is 3.29. The van der Waals surface area contributed by atoms with Gasteiger partial charge in [0.2, 0.25) is 0 Å². The maximum Gasteiger partial charge on any atom is 0.254 e. The van der Waals surface area contributed by atoms with Crippen molar-refractivity contribution in [3.8, 4) is 0 Å². The van der Waals surface area contributed by atoms with Gasteiger partial charge in [-0.2, -0.15) is 0 Å². The molecule has 1 fully saturated rings. The number of allylic oxidation sites excluding steroid dienone is 1. The Morgan fingerprint density at radius 3 is 2.65 bits per heavy atom. The molecule has 1 heterocycles. The highest BCUT2D eigenvalue weighted by atomic mass is 16.2. The lowest BCUT2D eigenvalue weighted by molar-refractivity contribution is -0.0102. The van der Waals surface area contributed by atoms with Crippen molar-refractivity contribution in [2.75, 3.05) is 13.1 Å². The third kappa shape index (κ3) is 3.55. The molecule has 1 aromatic heterocycles. The number of hydrogen-bond donors (Lipinski definition) is 1. The summed E-state index contributed by atoms with van der Waals surface area (Å²) in [5, 5.41) is 3.53. The number of carbonyl (C=O) groups excluding carboxylic acids is 1. The largest absolute Gasteiger partial charge is 0.361 e. The van der Waals surface area contributed by atoms with Crippen LogP contribution in [0, 0.1) is 17.3 Å². The first-order valence-electron chi connectivity index (χ1n) is 12.5. The van der Waals surface area contributed by atoms with E-state index in [0.29, 0.717) is 17.9 Å². The molecule has 1 saturated carbocycles. The summed E-state index contributed by atoms with van der Waals surface area (Å²) in [5.41, 5.74) is 5.02. The Morgan fingerprint density at radius 1 is 1.03 bits per heavy atom. The van der Waals surface area contributed by atoms with Gasteiger partial charge in [-0.3, -0.25) is 4.79 Å². The second-order valence-electron chi connectivity index (χ2n) is 10.7. The Balaban J connectivity index is 1.29. The van der Waals surface area contributed by atoms with Crippen molar-refractivity contribution in [3.05, 3.63) is 95.7 Å². The Hall–Kier alpha value is -3.33. The van der Waals surface area contributed by atoms with Crippen molar-refractivity contribution >= 4 is 27.6 Å². The number of H-pyrrole nitrogens is 1. The minimum atomic E-state index is 0.130. The summed E-state index contributed by atoms with van der Waals surface area (Å²) >= 11 is 0. The van der Waals surface area contributed by atoms with Crippen LogP contribution in [0.3, 0.4) is 0 Å². The van der Waals surface area contributed by atoms with E-state index in [4.69, 9.17) is 0 Å². The van der Waals surface area contributed by atoms with Crippen LogP contribution in [0.25, 0.3) is 21.7 Å². The van der Waals surface area contributed by atoms with Crippen LogP contribution >= 0.6 is 0 Å². The second kappa shape index (κ2) is 8.16. The van der Waals surface area contributed by atoms with Gasteiger partial charge in [-0.15, -0.1) is 0 Å². The van der Waals surface area contributed by atoms with E-state index in [1.54, 1.807) is 0 Å². The Labute approximate surface area is 201 Å². The van der Waals surface area contributed by atoms with Crippen molar-refractivity contribution in [2.24, 2.45) is 17.3 Å². The Morgan fingerprint density at radius 2 is 1.82 bits per heavy atom. The van der Waals surface area contributed by atoms with Crippen LogP contribution in [-0.4, -0.2) is 28.9 Å². The highest BCUT2D eigenvalue weighted by molar-refractivity contribution is 5.98. The standard InChI is InChI=1S/C31H32N2O/c1-31(2)26-14-13-25(28(31)18-26)20-33(16-15-24-19-32-29-10-6-5-9-27(24)29)30(34)23-12-11-21-7-3-4-8-22(21)17-23/h3-13,17,19,26,28,32H,14-16,18,20H2,1-2H3. The van der Waals surface area contributed by atoms with Gasteiger partial charge < -0.3 is 9.88 Å². The highest BCUT2D eigenvalue weighted by Crippen LogP contribution is 2.59. The van der Waals surface area contributed by atoms with Gasteiger partial charge in [-0.25, -0.2) is 0 Å².